The van der Waals surface area contributed by atoms with Gasteiger partial charge in [0.15, 0.2) is 5.78 Å². The fourth-order valence-electron chi connectivity index (χ4n) is 3.33. The van der Waals surface area contributed by atoms with E-state index in [-0.39, 0.29) is 11.2 Å². The summed E-state index contributed by atoms with van der Waals surface area (Å²) < 4.78 is 2.20. The Bertz CT molecular complexity index is 740. The number of hydrogen-bond donors (Lipinski definition) is 0. The van der Waals surface area contributed by atoms with E-state index < -0.39 is 0 Å². The van der Waals surface area contributed by atoms with Gasteiger partial charge in [0.1, 0.15) is 0 Å². The number of ketones is 1. The Morgan fingerprint density at radius 1 is 1.19 bits per heavy atom. The molecular weight excluding hydrogens is 282 g/mol. The zero-order valence-corrected chi connectivity index (χ0v) is 13.7. The van der Waals surface area contributed by atoms with Gasteiger partial charge in [-0.05, 0) is 49.4 Å². The summed E-state index contributed by atoms with van der Waals surface area (Å²) in [5.74, 6) is 0.253. The van der Waals surface area contributed by atoms with E-state index in [2.05, 4.69) is 31.4 Å². The highest BCUT2D eigenvalue weighted by Crippen LogP contribution is 2.38. The van der Waals surface area contributed by atoms with Crippen molar-refractivity contribution in [2.45, 2.75) is 40.5 Å². The Balaban J connectivity index is 2.26. The van der Waals surface area contributed by atoms with Gasteiger partial charge in [0.2, 0.25) is 0 Å². The minimum Gasteiger partial charge on any atom is -0.317 e. The van der Waals surface area contributed by atoms with Crippen LogP contribution in [0, 0.1) is 19.3 Å². The number of hydrogen-bond acceptors (Lipinski definition) is 1. The van der Waals surface area contributed by atoms with Crippen molar-refractivity contribution in [2.75, 3.05) is 0 Å². The molecule has 0 unspecified atom stereocenters. The summed E-state index contributed by atoms with van der Waals surface area (Å²) in [6.45, 7) is 8.40. The summed E-state index contributed by atoms with van der Waals surface area (Å²) in [6.07, 6.45) is 1.53. The molecule has 21 heavy (non-hydrogen) atoms. The number of fused-ring (bicyclic) bond motifs is 1. The van der Waals surface area contributed by atoms with Gasteiger partial charge < -0.3 is 4.57 Å². The largest absolute Gasteiger partial charge is 0.317 e. The smallest absolute Gasteiger partial charge is 0.165 e. The van der Waals surface area contributed by atoms with E-state index in [1.54, 1.807) is 0 Å². The lowest BCUT2D eigenvalue weighted by molar-refractivity contribution is 0.0911. The molecule has 2 nitrogen and oxygen atoms in total. The van der Waals surface area contributed by atoms with Gasteiger partial charge in [0.05, 0.1) is 0 Å². The molecule has 0 bridgehead atoms. The number of halogens is 1. The van der Waals surface area contributed by atoms with Gasteiger partial charge >= 0.3 is 0 Å². The van der Waals surface area contributed by atoms with Gasteiger partial charge in [-0.2, -0.15) is 0 Å². The molecule has 0 saturated carbocycles. The molecule has 0 N–H and O–H groups in total. The lowest BCUT2D eigenvalue weighted by Crippen LogP contribution is -2.28. The van der Waals surface area contributed by atoms with Crippen LogP contribution in [-0.2, 0) is 6.42 Å². The third-order valence-electron chi connectivity index (χ3n) is 4.35. The van der Waals surface area contributed by atoms with E-state index in [1.807, 2.05) is 25.1 Å². The third-order valence-corrected chi connectivity index (χ3v) is 4.76. The molecule has 1 aliphatic rings. The van der Waals surface area contributed by atoms with Crippen LogP contribution in [-0.4, -0.2) is 10.4 Å². The SMILES string of the molecule is Cc1c(Cl)cccc1-n1c(C)cc2c1CC(C)(C)CC2=O. The molecule has 0 saturated heterocycles. The van der Waals surface area contributed by atoms with Crippen molar-refractivity contribution in [1.82, 2.24) is 4.57 Å². The van der Waals surface area contributed by atoms with E-state index in [9.17, 15) is 4.79 Å². The van der Waals surface area contributed by atoms with Crippen LogP contribution in [0.4, 0.5) is 0 Å². The Kier molecular flexibility index (Phi) is 3.25. The van der Waals surface area contributed by atoms with Crippen LogP contribution in [0.3, 0.4) is 0 Å². The summed E-state index contributed by atoms with van der Waals surface area (Å²) in [6, 6.07) is 7.96. The highest BCUT2D eigenvalue weighted by molar-refractivity contribution is 6.31. The molecule has 0 fully saturated rings. The number of nitrogens with zero attached hydrogens (tertiary/aromatic N) is 1. The monoisotopic (exact) mass is 301 g/mol. The molecule has 2 aromatic rings. The second kappa shape index (κ2) is 4.74. The number of Topliss-reactive ketones (excluding diaryl/α,β-unsaturated/α-hetero) is 1. The summed E-state index contributed by atoms with van der Waals surface area (Å²) >= 11 is 6.27. The Labute approximate surface area is 130 Å². The molecule has 1 aromatic heterocycles. The average molecular weight is 302 g/mol. The molecule has 1 heterocycles. The van der Waals surface area contributed by atoms with Crippen molar-refractivity contribution in [1.29, 1.82) is 0 Å². The second-order valence-electron chi connectivity index (χ2n) is 6.81. The van der Waals surface area contributed by atoms with Gasteiger partial charge in [0, 0.05) is 34.1 Å². The molecule has 110 valence electrons. The number of carbonyl (C=O) groups excluding carboxylic acids is 1. The Morgan fingerprint density at radius 2 is 1.90 bits per heavy atom. The third kappa shape index (κ3) is 2.32. The molecular formula is C18H20ClNO. The normalized spacial score (nSPS) is 16.9. The van der Waals surface area contributed by atoms with Crippen molar-refractivity contribution in [2.24, 2.45) is 5.41 Å². The fourth-order valence-corrected chi connectivity index (χ4v) is 3.49. The first-order chi connectivity index (χ1) is 9.80. The summed E-state index contributed by atoms with van der Waals surface area (Å²) in [5.41, 5.74) is 5.24. The van der Waals surface area contributed by atoms with E-state index in [1.165, 1.54) is 0 Å². The molecule has 0 radical (unpaired) electrons. The van der Waals surface area contributed by atoms with Gasteiger partial charge in [0.25, 0.3) is 0 Å². The number of benzene rings is 1. The van der Waals surface area contributed by atoms with E-state index in [0.717, 1.165) is 39.6 Å². The van der Waals surface area contributed by atoms with Crippen LogP contribution in [0.2, 0.25) is 5.02 Å². The summed E-state index contributed by atoms with van der Waals surface area (Å²) in [4.78, 5) is 12.4. The van der Waals surface area contributed by atoms with Crippen molar-refractivity contribution in [3.8, 4) is 5.69 Å². The zero-order valence-electron chi connectivity index (χ0n) is 13.0. The zero-order chi connectivity index (χ0) is 15.4. The predicted molar refractivity (Wildman–Crippen MR) is 86.7 cm³/mol. The minimum atomic E-state index is 0.0130. The fraction of sp³-hybridized carbons (Fsp3) is 0.389. The standard InChI is InChI=1S/C18H20ClNO/c1-11-8-13-16(9-18(3,4)10-17(13)21)20(11)15-7-5-6-14(19)12(15)2/h5-8H,9-10H2,1-4H3. The van der Waals surface area contributed by atoms with Crippen LogP contribution >= 0.6 is 11.6 Å². The number of rotatable bonds is 1. The van der Waals surface area contributed by atoms with Crippen molar-refractivity contribution >= 4 is 17.4 Å². The van der Waals surface area contributed by atoms with Gasteiger partial charge in [-0.25, -0.2) is 0 Å². The number of aromatic nitrogens is 1. The second-order valence-corrected chi connectivity index (χ2v) is 7.21. The van der Waals surface area contributed by atoms with Crippen molar-refractivity contribution < 1.29 is 4.79 Å². The van der Waals surface area contributed by atoms with E-state index in [0.29, 0.717) is 6.42 Å². The van der Waals surface area contributed by atoms with Crippen LogP contribution in [0.15, 0.2) is 24.3 Å². The average Bonchev–Trinajstić information content (AvgIpc) is 2.69. The van der Waals surface area contributed by atoms with Gasteiger partial charge in [-0.15, -0.1) is 0 Å². The lowest BCUT2D eigenvalue weighted by Gasteiger charge is -2.30. The first-order valence-electron chi connectivity index (χ1n) is 7.30. The quantitative estimate of drug-likeness (QED) is 0.734. The molecule has 3 heteroatoms. The van der Waals surface area contributed by atoms with Crippen LogP contribution < -0.4 is 0 Å². The molecule has 0 aliphatic heterocycles. The molecule has 0 atom stereocenters. The Morgan fingerprint density at radius 3 is 2.62 bits per heavy atom. The predicted octanol–water partition coefficient (Wildman–Crippen LogP) is 4.90. The number of aryl methyl sites for hydroxylation is 1. The first kappa shape index (κ1) is 14.4. The summed E-state index contributed by atoms with van der Waals surface area (Å²) in [7, 11) is 0. The molecule has 1 aliphatic carbocycles. The van der Waals surface area contributed by atoms with Crippen LogP contribution in [0.25, 0.3) is 5.69 Å². The maximum absolute atomic E-state index is 12.4. The molecule has 0 amide bonds. The minimum absolute atomic E-state index is 0.0130. The Hall–Kier alpha value is -1.54. The van der Waals surface area contributed by atoms with Crippen LogP contribution in [0.5, 0.6) is 0 Å². The maximum Gasteiger partial charge on any atom is 0.165 e. The van der Waals surface area contributed by atoms with E-state index in [4.69, 9.17) is 11.6 Å². The highest BCUT2D eigenvalue weighted by Gasteiger charge is 2.34. The van der Waals surface area contributed by atoms with E-state index >= 15 is 0 Å². The molecule has 3 rings (SSSR count). The topological polar surface area (TPSA) is 22.0 Å². The molecule has 0 spiro atoms. The van der Waals surface area contributed by atoms with Crippen LogP contribution in [0.1, 0.15) is 47.6 Å². The van der Waals surface area contributed by atoms with Gasteiger partial charge in [-0.1, -0.05) is 31.5 Å². The highest BCUT2D eigenvalue weighted by atomic mass is 35.5. The van der Waals surface area contributed by atoms with Gasteiger partial charge in [-0.3, -0.25) is 4.79 Å². The number of carbonyl (C=O) groups is 1. The van der Waals surface area contributed by atoms with Crippen molar-refractivity contribution in [3.63, 3.8) is 0 Å². The molecule has 1 aromatic carbocycles. The lowest BCUT2D eigenvalue weighted by atomic mass is 9.76. The van der Waals surface area contributed by atoms with Crippen molar-refractivity contribution in [3.05, 3.63) is 51.8 Å². The first-order valence-corrected chi connectivity index (χ1v) is 7.68. The maximum atomic E-state index is 12.4. The summed E-state index contributed by atoms with van der Waals surface area (Å²) in [5, 5.41) is 0.760.